The lowest BCUT2D eigenvalue weighted by Gasteiger charge is -2.33. The number of likely N-dealkylation sites (tertiary alicyclic amines) is 1. The summed E-state index contributed by atoms with van der Waals surface area (Å²) in [5.74, 6) is 0.391. The predicted molar refractivity (Wildman–Crippen MR) is 102 cm³/mol. The number of aromatic nitrogens is 2. The minimum atomic E-state index is -0.448. The number of hydrogen-bond donors (Lipinski definition) is 0. The van der Waals surface area contributed by atoms with E-state index in [1.807, 2.05) is 46.2 Å². The number of ether oxygens (including phenoxy) is 1. The summed E-state index contributed by atoms with van der Waals surface area (Å²) in [6.45, 7) is 9.11. The minimum absolute atomic E-state index is 0.215. The Balaban J connectivity index is 1.60. The summed E-state index contributed by atoms with van der Waals surface area (Å²) >= 11 is 0. The molecule has 26 heavy (non-hydrogen) atoms. The van der Waals surface area contributed by atoms with E-state index in [-0.39, 0.29) is 6.09 Å². The van der Waals surface area contributed by atoms with Crippen LogP contribution in [-0.2, 0) is 4.74 Å². The third-order valence-corrected chi connectivity index (χ3v) is 4.58. The molecule has 1 amide bonds. The molecule has 2 aromatic rings. The molecule has 0 aliphatic carbocycles. The Bertz CT molecular complexity index is 758. The lowest BCUT2D eigenvalue weighted by molar-refractivity contribution is 0.0204. The second kappa shape index (κ2) is 7.44. The van der Waals surface area contributed by atoms with Gasteiger partial charge in [-0.25, -0.2) is 4.79 Å². The highest BCUT2D eigenvalue weighted by Crippen LogP contribution is 2.29. The lowest BCUT2D eigenvalue weighted by Crippen LogP contribution is -2.41. The summed E-state index contributed by atoms with van der Waals surface area (Å²) in [7, 11) is 0. The van der Waals surface area contributed by atoms with E-state index >= 15 is 0 Å². The molecule has 0 saturated carbocycles. The lowest BCUT2D eigenvalue weighted by atomic mass is 9.92. The third kappa shape index (κ3) is 4.59. The van der Waals surface area contributed by atoms with E-state index in [1.165, 1.54) is 0 Å². The number of hydrogen-bond acceptors (Lipinski definition) is 4. The number of nitrogens with zero attached hydrogens (tertiary/aromatic N) is 3. The van der Waals surface area contributed by atoms with E-state index in [2.05, 4.69) is 28.2 Å². The van der Waals surface area contributed by atoms with E-state index in [1.54, 1.807) is 4.90 Å². The van der Waals surface area contributed by atoms with Gasteiger partial charge in [0, 0.05) is 48.4 Å². The maximum atomic E-state index is 12.2. The second-order valence-corrected chi connectivity index (χ2v) is 7.90. The van der Waals surface area contributed by atoms with Crippen molar-refractivity contribution in [2.45, 2.75) is 52.1 Å². The van der Waals surface area contributed by atoms with Crippen molar-refractivity contribution in [3.8, 4) is 11.1 Å². The Morgan fingerprint density at radius 3 is 2.42 bits per heavy atom. The zero-order chi connectivity index (χ0) is 18.7. The number of carbonyl (C=O) groups excluding carboxylic acids is 1. The van der Waals surface area contributed by atoms with E-state index in [0.29, 0.717) is 19.0 Å². The first kappa shape index (κ1) is 18.4. The number of pyridine rings is 2. The van der Waals surface area contributed by atoms with Crippen LogP contribution in [0.4, 0.5) is 4.79 Å². The van der Waals surface area contributed by atoms with Gasteiger partial charge in [0.05, 0.1) is 0 Å². The topological polar surface area (TPSA) is 55.3 Å². The standard InChI is InChI=1S/C21H27N3O2/c1-15-13-17(7-10-22-15)18-5-6-19(23-14-18)16-8-11-24(12-9-16)20(25)26-21(2,3)4/h5-7,10,13-14,16H,8-9,11-12H2,1-4H3. The smallest absolute Gasteiger partial charge is 0.410 e. The summed E-state index contributed by atoms with van der Waals surface area (Å²) in [4.78, 5) is 22.9. The number of rotatable bonds is 2. The molecule has 5 heteroatoms. The summed E-state index contributed by atoms with van der Waals surface area (Å²) < 4.78 is 5.46. The molecule has 3 heterocycles. The molecule has 3 rings (SSSR count). The number of carbonyl (C=O) groups is 1. The van der Waals surface area contributed by atoms with Crippen molar-refractivity contribution in [2.24, 2.45) is 0 Å². The van der Waals surface area contributed by atoms with E-state index in [0.717, 1.165) is 35.4 Å². The largest absolute Gasteiger partial charge is 0.444 e. The first-order chi connectivity index (χ1) is 12.3. The summed E-state index contributed by atoms with van der Waals surface area (Å²) in [5.41, 5.74) is 3.89. The van der Waals surface area contributed by atoms with Crippen molar-refractivity contribution >= 4 is 6.09 Å². The highest BCUT2D eigenvalue weighted by Gasteiger charge is 2.27. The number of amides is 1. The van der Waals surface area contributed by atoms with Gasteiger partial charge in [0.15, 0.2) is 0 Å². The molecule has 1 aliphatic rings. The highest BCUT2D eigenvalue weighted by molar-refractivity contribution is 5.68. The summed E-state index contributed by atoms with van der Waals surface area (Å²) in [6.07, 6.45) is 5.38. The third-order valence-electron chi connectivity index (χ3n) is 4.58. The molecular formula is C21H27N3O2. The highest BCUT2D eigenvalue weighted by atomic mass is 16.6. The molecule has 0 unspecified atom stereocenters. The maximum absolute atomic E-state index is 12.2. The first-order valence-electron chi connectivity index (χ1n) is 9.19. The molecule has 0 spiro atoms. The summed E-state index contributed by atoms with van der Waals surface area (Å²) in [5, 5.41) is 0. The quantitative estimate of drug-likeness (QED) is 0.794. The monoisotopic (exact) mass is 353 g/mol. The van der Waals surface area contributed by atoms with Gasteiger partial charge in [-0.2, -0.15) is 0 Å². The molecule has 0 N–H and O–H groups in total. The maximum Gasteiger partial charge on any atom is 0.410 e. The van der Waals surface area contributed by atoms with Gasteiger partial charge in [-0.15, -0.1) is 0 Å². The SMILES string of the molecule is Cc1cc(-c2ccc(C3CCN(C(=O)OC(C)(C)C)CC3)nc2)ccn1. The van der Waals surface area contributed by atoms with Crippen LogP contribution < -0.4 is 0 Å². The van der Waals surface area contributed by atoms with Crippen LogP contribution in [0.15, 0.2) is 36.7 Å². The zero-order valence-electron chi connectivity index (χ0n) is 16.0. The van der Waals surface area contributed by atoms with Crippen LogP contribution in [0.5, 0.6) is 0 Å². The molecule has 0 aromatic carbocycles. The Kier molecular flexibility index (Phi) is 5.25. The predicted octanol–water partition coefficient (Wildman–Crippen LogP) is 4.57. The van der Waals surface area contributed by atoms with Gasteiger partial charge in [0.25, 0.3) is 0 Å². The second-order valence-electron chi connectivity index (χ2n) is 7.90. The fourth-order valence-electron chi connectivity index (χ4n) is 3.23. The van der Waals surface area contributed by atoms with Crippen molar-refractivity contribution in [1.82, 2.24) is 14.9 Å². The summed E-state index contributed by atoms with van der Waals surface area (Å²) in [6, 6.07) is 8.30. The van der Waals surface area contributed by atoms with Crippen molar-refractivity contribution in [2.75, 3.05) is 13.1 Å². The fraction of sp³-hybridized carbons (Fsp3) is 0.476. The Hall–Kier alpha value is -2.43. The molecule has 2 aromatic heterocycles. The Morgan fingerprint density at radius 1 is 1.12 bits per heavy atom. The van der Waals surface area contributed by atoms with Gasteiger partial charge in [-0.05, 0) is 64.3 Å². The van der Waals surface area contributed by atoms with Gasteiger partial charge in [-0.3, -0.25) is 9.97 Å². The van der Waals surface area contributed by atoms with Gasteiger partial charge in [-0.1, -0.05) is 6.07 Å². The number of aryl methyl sites for hydroxylation is 1. The van der Waals surface area contributed by atoms with Crippen LogP contribution >= 0.6 is 0 Å². The normalized spacial score (nSPS) is 15.8. The molecule has 1 aliphatic heterocycles. The molecular weight excluding hydrogens is 326 g/mol. The van der Waals surface area contributed by atoms with Crippen LogP contribution in [0, 0.1) is 6.92 Å². The molecule has 1 fully saturated rings. The van der Waals surface area contributed by atoms with Gasteiger partial charge >= 0.3 is 6.09 Å². The van der Waals surface area contributed by atoms with Gasteiger partial charge in [0.2, 0.25) is 0 Å². The minimum Gasteiger partial charge on any atom is -0.444 e. The zero-order valence-corrected chi connectivity index (χ0v) is 16.0. The fourth-order valence-corrected chi connectivity index (χ4v) is 3.23. The molecule has 5 nitrogen and oxygen atoms in total. The van der Waals surface area contributed by atoms with Crippen LogP contribution in [0.25, 0.3) is 11.1 Å². The van der Waals surface area contributed by atoms with Crippen LogP contribution in [-0.4, -0.2) is 39.7 Å². The van der Waals surface area contributed by atoms with Gasteiger partial charge < -0.3 is 9.64 Å². The Morgan fingerprint density at radius 2 is 1.85 bits per heavy atom. The van der Waals surface area contributed by atoms with Gasteiger partial charge in [0.1, 0.15) is 5.60 Å². The molecule has 0 bridgehead atoms. The van der Waals surface area contributed by atoms with Crippen molar-refractivity contribution < 1.29 is 9.53 Å². The van der Waals surface area contributed by atoms with E-state index in [9.17, 15) is 4.79 Å². The molecule has 0 radical (unpaired) electrons. The van der Waals surface area contributed by atoms with Crippen LogP contribution in [0.2, 0.25) is 0 Å². The average Bonchev–Trinajstić information content (AvgIpc) is 2.61. The van der Waals surface area contributed by atoms with Crippen molar-refractivity contribution in [3.63, 3.8) is 0 Å². The van der Waals surface area contributed by atoms with Crippen LogP contribution in [0.3, 0.4) is 0 Å². The average molecular weight is 353 g/mol. The van der Waals surface area contributed by atoms with E-state index in [4.69, 9.17) is 4.74 Å². The molecule has 1 saturated heterocycles. The number of piperidine rings is 1. The molecule has 138 valence electrons. The van der Waals surface area contributed by atoms with Crippen LogP contribution in [0.1, 0.15) is 50.9 Å². The Labute approximate surface area is 155 Å². The first-order valence-corrected chi connectivity index (χ1v) is 9.19. The van der Waals surface area contributed by atoms with Crippen molar-refractivity contribution in [3.05, 3.63) is 48.0 Å². The van der Waals surface area contributed by atoms with Crippen molar-refractivity contribution in [1.29, 1.82) is 0 Å². The molecule has 0 atom stereocenters. The van der Waals surface area contributed by atoms with E-state index < -0.39 is 5.60 Å².